The molecule has 0 radical (unpaired) electrons. The average molecular weight is 279 g/mol. The van der Waals surface area contributed by atoms with Crippen molar-refractivity contribution in [1.29, 1.82) is 0 Å². The highest BCUT2D eigenvalue weighted by molar-refractivity contribution is 5.54. The number of nitrogens with two attached hydrogens (primary N) is 1. The summed E-state index contributed by atoms with van der Waals surface area (Å²) in [5.74, 6) is 1.46. The predicted molar refractivity (Wildman–Crippen MR) is 76.2 cm³/mol. The quantitative estimate of drug-likeness (QED) is 0.923. The summed E-state index contributed by atoms with van der Waals surface area (Å²) in [5, 5.41) is 0. The van der Waals surface area contributed by atoms with E-state index in [-0.39, 0.29) is 5.41 Å². The third-order valence-corrected chi connectivity index (χ3v) is 4.65. The second-order valence-electron chi connectivity index (χ2n) is 5.90. The summed E-state index contributed by atoms with van der Waals surface area (Å²) in [7, 11) is 0. The fourth-order valence-electron chi connectivity index (χ4n) is 3.43. The van der Waals surface area contributed by atoms with Crippen LogP contribution in [0.15, 0.2) is 12.1 Å². The molecule has 2 N–H and O–H groups in total. The molecule has 0 spiro atoms. The van der Waals surface area contributed by atoms with Crippen molar-refractivity contribution in [2.75, 3.05) is 19.8 Å². The van der Waals surface area contributed by atoms with Gasteiger partial charge in [0, 0.05) is 17.5 Å². The van der Waals surface area contributed by atoms with Gasteiger partial charge in [-0.25, -0.2) is 4.39 Å². The Kier molecular flexibility index (Phi) is 3.59. The van der Waals surface area contributed by atoms with Crippen molar-refractivity contribution >= 4 is 0 Å². The molecule has 0 saturated heterocycles. The zero-order valence-electron chi connectivity index (χ0n) is 12.0. The lowest BCUT2D eigenvalue weighted by molar-refractivity contribution is 0.166. The number of hydrogen-bond donors (Lipinski definition) is 1. The van der Waals surface area contributed by atoms with Crippen LogP contribution in [0.4, 0.5) is 4.39 Å². The first kappa shape index (κ1) is 13.7. The molecule has 0 bridgehead atoms. The molecule has 1 atom stereocenters. The number of halogens is 1. The summed E-state index contributed by atoms with van der Waals surface area (Å²) in [4.78, 5) is 0. The molecule has 1 aromatic rings. The molecule has 1 fully saturated rings. The van der Waals surface area contributed by atoms with Crippen molar-refractivity contribution in [1.82, 2.24) is 0 Å². The highest BCUT2D eigenvalue weighted by Crippen LogP contribution is 2.49. The van der Waals surface area contributed by atoms with Gasteiger partial charge in [-0.15, -0.1) is 0 Å². The number of rotatable bonds is 3. The topological polar surface area (TPSA) is 44.5 Å². The van der Waals surface area contributed by atoms with Crippen molar-refractivity contribution in [3.8, 4) is 11.5 Å². The standard InChI is InChI=1S/C16H22FNO2/c1-11(17)12-8-13(16(10-18)4-2-3-5-16)15-14(9-12)19-6-7-20-15/h8-9,11H,2-7,10,18H2,1H3. The van der Waals surface area contributed by atoms with Crippen LogP contribution in [0.2, 0.25) is 0 Å². The molecular weight excluding hydrogens is 257 g/mol. The lowest BCUT2D eigenvalue weighted by atomic mass is 9.77. The minimum atomic E-state index is -1.01. The molecule has 1 aliphatic carbocycles. The Morgan fingerprint density at radius 3 is 2.60 bits per heavy atom. The van der Waals surface area contributed by atoms with Gasteiger partial charge >= 0.3 is 0 Å². The van der Waals surface area contributed by atoms with Crippen molar-refractivity contribution in [3.63, 3.8) is 0 Å². The Labute approximate surface area is 119 Å². The van der Waals surface area contributed by atoms with E-state index in [0.29, 0.717) is 31.1 Å². The molecule has 1 heterocycles. The van der Waals surface area contributed by atoms with Crippen LogP contribution in [0.5, 0.6) is 11.5 Å². The summed E-state index contributed by atoms with van der Waals surface area (Å²) in [6.07, 6.45) is 3.41. The van der Waals surface area contributed by atoms with Crippen molar-refractivity contribution in [3.05, 3.63) is 23.3 Å². The third kappa shape index (κ3) is 2.16. The highest BCUT2D eigenvalue weighted by atomic mass is 19.1. The van der Waals surface area contributed by atoms with Gasteiger partial charge in [0.2, 0.25) is 0 Å². The Morgan fingerprint density at radius 2 is 1.95 bits per heavy atom. The lowest BCUT2D eigenvalue weighted by Crippen LogP contribution is -2.33. The van der Waals surface area contributed by atoms with E-state index in [9.17, 15) is 4.39 Å². The predicted octanol–water partition coefficient (Wildman–Crippen LogP) is 3.26. The maximum absolute atomic E-state index is 13.8. The second kappa shape index (κ2) is 5.24. The Morgan fingerprint density at radius 1 is 1.25 bits per heavy atom. The molecule has 3 rings (SSSR count). The average Bonchev–Trinajstić information content (AvgIpc) is 2.96. The van der Waals surface area contributed by atoms with E-state index in [1.807, 2.05) is 6.07 Å². The Bertz CT molecular complexity index is 495. The molecule has 20 heavy (non-hydrogen) atoms. The number of alkyl halides is 1. The summed E-state index contributed by atoms with van der Waals surface area (Å²) in [6.45, 7) is 3.20. The second-order valence-corrected chi connectivity index (χ2v) is 5.90. The molecule has 1 unspecified atom stereocenters. The molecule has 1 aliphatic heterocycles. The first-order valence-corrected chi connectivity index (χ1v) is 7.44. The van der Waals surface area contributed by atoms with Gasteiger partial charge in [-0.1, -0.05) is 12.8 Å². The van der Waals surface area contributed by atoms with Gasteiger partial charge in [-0.05, 0) is 37.5 Å². The van der Waals surface area contributed by atoms with Gasteiger partial charge in [0.1, 0.15) is 19.4 Å². The third-order valence-electron chi connectivity index (χ3n) is 4.65. The van der Waals surface area contributed by atoms with E-state index in [0.717, 1.165) is 24.2 Å². The molecule has 110 valence electrons. The number of ether oxygens (including phenoxy) is 2. The van der Waals surface area contributed by atoms with Crippen LogP contribution in [0.1, 0.15) is 49.9 Å². The fraction of sp³-hybridized carbons (Fsp3) is 0.625. The van der Waals surface area contributed by atoms with E-state index in [1.165, 1.54) is 12.8 Å². The SMILES string of the molecule is CC(F)c1cc2c(c(C3(CN)CCCC3)c1)OCCO2. The lowest BCUT2D eigenvalue weighted by Gasteiger charge is -2.33. The monoisotopic (exact) mass is 279 g/mol. The molecule has 1 saturated carbocycles. The first-order valence-electron chi connectivity index (χ1n) is 7.44. The van der Waals surface area contributed by atoms with Crippen LogP contribution < -0.4 is 15.2 Å². The molecule has 1 aromatic carbocycles. The van der Waals surface area contributed by atoms with E-state index in [1.54, 1.807) is 13.0 Å². The van der Waals surface area contributed by atoms with Gasteiger partial charge in [-0.3, -0.25) is 0 Å². The van der Waals surface area contributed by atoms with Crippen LogP contribution in [0.25, 0.3) is 0 Å². The van der Waals surface area contributed by atoms with Gasteiger partial charge in [-0.2, -0.15) is 0 Å². The number of hydrogen-bond acceptors (Lipinski definition) is 3. The Hall–Kier alpha value is -1.29. The molecule has 2 aliphatic rings. The van der Waals surface area contributed by atoms with Crippen LogP contribution in [-0.4, -0.2) is 19.8 Å². The van der Waals surface area contributed by atoms with Crippen LogP contribution in [0.3, 0.4) is 0 Å². The fourth-order valence-corrected chi connectivity index (χ4v) is 3.43. The largest absolute Gasteiger partial charge is 0.486 e. The van der Waals surface area contributed by atoms with Crippen molar-refractivity contribution < 1.29 is 13.9 Å². The van der Waals surface area contributed by atoms with E-state index in [4.69, 9.17) is 15.2 Å². The maximum Gasteiger partial charge on any atom is 0.165 e. The molecule has 3 nitrogen and oxygen atoms in total. The summed E-state index contributed by atoms with van der Waals surface area (Å²) < 4.78 is 25.3. The van der Waals surface area contributed by atoms with E-state index < -0.39 is 6.17 Å². The van der Waals surface area contributed by atoms with E-state index >= 15 is 0 Å². The van der Waals surface area contributed by atoms with Gasteiger partial charge in [0.25, 0.3) is 0 Å². The molecular formula is C16H22FNO2. The van der Waals surface area contributed by atoms with E-state index in [2.05, 4.69) is 0 Å². The smallest absolute Gasteiger partial charge is 0.165 e. The minimum absolute atomic E-state index is 0.0737. The van der Waals surface area contributed by atoms with Crippen molar-refractivity contribution in [2.24, 2.45) is 5.73 Å². The first-order chi connectivity index (χ1) is 9.66. The summed E-state index contributed by atoms with van der Waals surface area (Å²) >= 11 is 0. The zero-order chi connectivity index (χ0) is 14.2. The molecule has 0 aromatic heterocycles. The molecule has 0 amide bonds. The van der Waals surface area contributed by atoms with Crippen LogP contribution in [0, 0.1) is 0 Å². The minimum Gasteiger partial charge on any atom is -0.486 e. The van der Waals surface area contributed by atoms with Gasteiger partial charge < -0.3 is 15.2 Å². The van der Waals surface area contributed by atoms with Crippen LogP contribution >= 0.6 is 0 Å². The number of benzene rings is 1. The summed E-state index contributed by atoms with van der Waals surface area (Å²) in [5.41, 5.74) is 7.70. The highest BCUT2D eigenvalue weighted by Gasteiger charge is 2.38. The Balaban J connectivity index is 2.14. The van der Waals surface area contributed by atoms with Gasteiger partial charge in [0.15, 0.2) is 11.5 Å². The normalized spacial score (nSPS) is 21.8. The van der Waals surface area contributed by atoms with Crippen molar-refractivity contribution in [2.45, 2.75) is 44.2 Å². The maximum atomic E-state index is 13.8. The zero-order valence-corrected chi connectivity index (χ0v) is 12.0. The van der Waals surface area contributed by atoms with Gasteiger partial charge in [0.05, 0.1) is 0 Å². The summed E-state index contributed by atoms with van der Waals surface area (Å²) in [6, 6.07) is 3.71. The molecule has 4 heteroatoms. The van der Waals surface area contributed by atoms with Crippen LogP contribution in [-0.2, 0) is 5.41 Å². The number of fused-ring (bicyclic) bond motifs is 1.